The first kappa shape index (κ1) is 40.1. The number of carbonyl (C=O) groups excluding carboxylic acids is 4. The van der Waals surface area contributed by atoms with Gasteiger partial charge >= 0.3 is 0 Å². The third-order valence-corrected chi connectivity index (χ3v) is 7.72. The average molecular weight is 795 g/mol. The van der Waals surface area contributed by atoms with Gasteiger partial charge in [0.1, 0.15) is 0 Å². The van der Waals surface area contributed by atoms with E-state index in [9.17, 15) is 38.4 Å². The van der Waals surface area contributed by atoms with Crippen LogP contribution in [0.5, 0.6) is 0 Å². The molecule has 0 aliphatic carbocycles. The Hall–Kier alpha value is -4.68. The Balaban J connectivity index is 0. The molecule has 12 nitrogen and oxygen atoms in total. The van der Waals surface area contributed by atoms with Crippen LogP contribution in [0.1, 0.15) is 96.5 Å². The summed E-state index contributed by atoms with van der Waals surface area (Å²) in [5.74, 6) is -0.744. The standard InChI is InChI=1S/C14H12N2O4.C11H11NO2.C9H7NO2.C2H6.CH4.2CH3.Y.H2/c1-3-4-16-13(19)9-5-7-8(6-10(9)14(16)20)12(18)15(2)11(7)17;1-2-7-12-10(13)8-5-3-4-6-9(8)11(12)14;1-10-8(11)6-4-2-3-5-7(6)9(10)12;1-2;;;;;/h5-6H,3-4H2,1-2H3;3-6H,2,7H2,1H3;2-5H,1H3;1-2H3;1H4;2*1H3;;1H/q;;;;;2*-1;;/i5D,6D;;;;1D;;;;1+1D. The fraction of sp³-hybridized carbons (Fsp3) is 0.282. The number of imide groups is 2. The minimum Gasteiger partial charge on any atom is -0.358 e. The van der Waals surface area contributed by atoms with Gasteiger partial charge in [-0.25, -0.2) is 0 Å². The smallest absolute Gasteiger partial charge is 0.261 e. The number of nitrogens with zero attached hydrogens (tertiary/aromatic N) is 4. The normalized spacial score (nSPS) is 12.9. The molecule has 2 aromatic heterocycles. The van der Waals surface area contributed by atoms with E-state index in [1.54, 1.807) is 55.5 Å². The predicted octanol–water partition coefficient (Wildman–Crippen LogP) is 5.27. The number of rotatable bonds is 4. The van der Waals surface area contributed by atoms with Crippen molar-refractivity contribution in [3.05, 3.63) is 139 Å². The van der Waals surface area contributed by atoms with Gasteiger partial charge in [-0.2, -0.15) is 0 Å². The average Bonchev–Trinajstić information content (AvgIpc) is 3.78. The van der Waals surface area contributed by atoms with E-state index in [-0.39, 0.29) is 99.3 Å². The van der Waals surface area contributed by atoms with Crippen molar-refractivity contribution in [2.24, 2.45) is 7.05 Å². The Bertz CT molecular complexity index is 2270. The van der Waals surface area contributed by atoms with Crippen molar-refractivity contribution in [2.75, 3.05) is 13.6 Å². The molecule has 0 saturated carbocycles. The van der Waals surface area contributed by atoms with Gasteiger partial charge in [-0.05, 0) is 49.2 Å². The molecule has 5 aromatic rings. The molecular weight excluding hydrogens is 741 g/mol. The first-order valence-corrected chi connectivity index (χ1v) is 15.5. The van der Waals surface area contributed by atoms with Crippen LogP contribution >= 0.6 is 0 Å². The summed E-state index contributed by atoms with van der Waals surface area (Å²) in [5.41, 5.74) is -0.742. The molecule has 13 heteroatoms. The molecule has 4 heterocycles. The fourth-order valence-corrected chi connectivity index (χ4v) is 5.33. The van der Waals surface area contributed by atoms with Gasteiger partial charge in [0, 0.05) is 64.2 Å². The van der Waals surface area contributed by atoms with Gasteiger partial charge in [0.15, 0.2) is 0 Å². The number of aromatic nitrogens is 2. The summed E-state index contributed by atoms with van der Waals surface area (Å²) in [4.78, 5) is 97.3. The summed E-state index contributed by atoms with van der Waals surface area (Å²) in [5, 5.41) is -1.04. The van der Waals surface area contributed by atoms with E-state index >= 15 is 0 Å². The summed E-state index contributed by atoms with van der Waals surface area (Å²) in [6.07, 6.45) is 1.33. The summed E-state index contributed by atoms with van der Waals surface area (Å²) < 4.78 is 33.6. The molecule has 0 N–H and O–H groups in total. The minimum atomic E-state index is -0.726. The molecule has 0 bridgehead atoms. The third-order valence-electron chi connectivity index (χ3n) is 7.72. The van der Waals surface area contributed by atoms with E-state index in [0.29, 0.717) is 35.2 Å². The van der Waals surface area contributed by atoms with Crippen molar-refractivity contribution in [1.29, 1.82) is 0 Å². The molecule has 0 unspecified atom stereocenters. The number of amides is 4. The van der Waals surface area contributed by atoms with Crippen LogP contribution in [0.15, 0.2) is 79.8 Å². The first-order valence-electron chi connectivity index (χ1n) is 18.5. The van der Waals surface area contributed by atoms with Gasteiger partial charge in [0.05, 0.1) is 46.5 Å². The maximum Gasteiger partial charge on any atom is 0.261 e. The molecule has 4 amide bonds. The second-order valence-electron chi connectivity index (χ2n) is 10.7. The monoisotopic (exact) mass is 794 g/mol. The number of hydrogen-bond acceptors (Lipinski definition) is 8. The fourth-order valence-electron chi connectivity index (χ4n) is 5.33. The molecule has 1 radical (unpaired) electrons. The SMILES string of the molecule is CC.CCCN1C(=O)c2ccccc2C1=O.CN1C(=O)c2ccccc2C1=O.[2H]C.[2H][2H].[2H]c1c2c(=O)n(C)c(=O)c2c([2H])c2c(=O)n(CCC)c(=O)c12.[CH3-].[CH3-].[Y]. The van der Waals surface area contributed by atoms with Crippen LogP contribution in [0.3, 0.4) is 0 Å². The van der Waals surface area contributed by atoms with Crippen LogP contribution in [0, 0.1) is 14.9 Å². The maximum atomic E-state index is 12.3. The Morgan fingerprint density at radius 3 is 1.23 bits per heavy atom. The van der Waals surface area contributed by atoms with Gasteiger partial charge in [-0.1, -0.05) is 59.4 Å². The van der Waals surface area contributed by atoms with Crippen molar-refractivity contribution in [1.82, 2.24) is 18.9 Å². The van der Waals surface area contributed by atoms with Gasteiger partial charge in [-0.3, -0.25) is 57.3 Å². The van der Waals surface area contributed by atoms with E-state index in [1.165, 1.54) is 26.4 Å². The quantitative estimate of drug-likeness (QED) is 0.176. The van der Waals surface area contributed by atoms with E-state index < -0.39 is 34.3 Å². The summed E-state index contributed by atoms with van der Waals surface area (Å²) in [6.45, 7) is 8.41. The van der Waals surface area contributed by atoms with Crippen molar-refractivity contribution < 1.29 is 59.0 Å². The molecule has 7 rings (SSSR count). The van der Waals surface area contributed by atoms with Crippen LogP contribution in [-0.4, -0.2) is 56.2 Å². The van der Waals surface area contributed by atoms with E-state index in [0.717, 1.165) is 20.5 Å². The zero-order valence-electron chi connectivity index (χ0n) is 36.1. The number of carbonyl (C=O) groups is 4. The van der Waals surface area contributed by atoms with Crippen molar-refractivity contribution in [3.8, 4) is 0 Å². The zero-order valence-corrected chi connectivity index (χ0v) is 33.9. The number of fused-ring (bicyclic) bond motifs is 4. The van der Waals surface area contributed by atoms with E-state index in [1.807, 2.05) is 20.8 Å². The molecule has 0 fully saturated rings. The molecule has 0 spiro atoms. The van der Waals surface area contributed by atoms with Crippen LogP contribution in [0.25, 0.3) is 21.5 Å². The Morgan fingerprint density at radius 1 is 0.596 bits per heavy atom. The minimum absolute atomic E-state index is 0. The molecular formula is C39H48N4O8Y-2. The van der Waals surface area contributed by atoms with Crippen LogP contribution in [0.2, 0.25) is 0 Å². The Labute approximate surface area is 335 Å². The number of hydrogen-bond donors (Lipinski definition) is 0. The van der Waals surface area contributed by atoms with Gasteiger partial charge in [0.2, 0.25) is 0 Å². The Morgan fingerprint density at radius 2 is 0.904 bits per heavy atom. The van der Waals surface area contributed by atoms with E-state index in [4.69, 9.17) is 7.08 Å². The summed E-state index contributed by atoms with van der Waals surface area (Å²) >= 11 is 0. The van der Waals surface area contributed by atoms with Crippen molar-refractivity contribution >= 4 is 45.2 Å². The summed E-state index contributed by atoms with van der Waals surface area (Å²) in [6, 6.07) is 12.9. The van der Waals surface area contributed by atoms with Crippen LogP contribution < -0.4 is 22.2 Å². The molecule has 0 atom stereocenters. The molecule has 2 aliphatic heterocycles. The molecule has 2 aliphatic rings. The van der Waals surface area contributed by atoms with Crippen LogP contribution in [-0.2, 0) is 46.3 Å². The van der Waals surface area contributed by atoms with Crippen LogP contribution in [0.4, 0.5) is 0 Å². The first-order chi connectivity index (χ1) is 25.8. The third kappa shape index (κ3) is 8.34. The van der Waals surface area contributed by atoms with Crippen molar-refractivity contribution in [3.63, 3.8) is 0 Å². The van der Waals surface area contributed by atoms with Gasteiger partial charge < -0.3 is 14.9 Å². The number of benzene rings is 3. The second-order valence-corrected chi connectivity index (χ2v) is 10.7. The largest absolute Gasteiger partial charge is 0.358 e. The topological polar surface area (TPSA) is 153 Å². The summed E-state index contributed by atoms with van der Waals surface area (Å²) in [7, 11) is 3.98. The maximum absolute atomic E-state index is 12.3. The van der Waals surface area contributed by atoms with Gasteiger partial charge in [-0.15, -0.1) is 0 Å². The molecule has 0 saturated heterocycles. The Kier molecular flexibility index (Phi) is 15.3. The second kappa shape index (κ2) is 19.8. The van der Waals surface area contributed by atoms with Gasteiger partial charge in [0.25, 0.3) is 45.9 Å². The van der Waals surface area contributed by atoms with E-state index in [2.05, 4.69) is 0 Å². The van der Waals surface area contributed by atoms with Crippen molar-refractivity contribution in [2.45, 2.75) is 54.5 Å². The molecule has 3 aromatic carbocycles. The molecule has 52 heavy (non-hydrogen) atoms. The zero-order chi connectivity index (χ0) is 41.2. The molecule has 277 valence electrons. The predicted molar refractivity (Wildman–Crippen MR) is 204 cm³/mol.